The standard InChI is InChI=1S/C18H16ClN3O2/c1-2-16(23)21-9-10-22-17(24)14-7-8-20-11-15(14)18(21,22)12-3-5-13(19)6-4-12/h3-8,11H,2,9-10H2,1H3. The van der Waals surface area contributed by atoms with Gasteiger partial charge < -0.3 is 9.80 Å². The lowest BCUT2D eigenvalue weighted by atomic mass is 9.91. The van der Waals surface area contributed by atoms with Crippen LogP contribution in [0.3, 0.4) is 0 Å². The zero-order valence-corrected chi connectivity index (χ0v) is 14.0. The molecule has 1 atom stereocenters. The molecule has 1 saturated heterocycles. The van der Waals surface area contributed by atoms with Gasteiger partial charge in [0.2, 0.25) is 5.91 Å². The first-order valence-electron chi connectivity index (χ1n) is 7.93. The maximum absolute atomic E-state index is 12.9. The molecule has 6 heteroatoms. The van der Waals surface area contributed by atoms with Crippen LogP contribution < -0.4 is 0 Å². The first-order chi connectivity index (χ1) is 11.6. The predicted octanol–water partition coefficient (Wildman–Crippen LogP) is 2.64. The second-order valence-corrected chi connectivity index (χ2v) is 6.39. The number of halogens is 1. The fraction of sp³-hybridized carbons (Fsp3) is 0.278. The van der Waals surface area contributed by atoms with Crippen molar-refractivity contribution in [3.8, 4) is 0 Å². The Morgan fingerprint density at radius 3 is 2.71 bits per heavy atom. The number of fused-ring (bicyclic) bond motifs is 3. The Morgan fingerprint density at radius 1 is 1.25 bits per heavy atom. The minimum atomic E-state index is -0.918. The van der Waals surface area contributed by atoms with E-state index in [0.29, 0.717) is 30.1 Å². The zero-order chi connectivity index (χ0) is 16.9. The van der Waals surface area contributed by atoms with Crippen molar-refractivity contribution in [2.75, 3.05) is 13.1 Å². The molecule has 0 saturated carbocycles. The number of hydrogen-bond donors (Lipinski definition) is 0. The molecule has 24 heavy (non-hydrogen) atoms. The average molecular weight is 342 g/mol. The van der Waals surface area contributed by atoms with Crippen molar-refractivity contribution < 1.29 is 9.59 Å². The number of carbonyl (C=O) groups excluding carboxylic acids is 2. The summed E-state index contributed by atoms with van der Waals surface area (Å²) < 4.78 is 0. The van der Waals surface area contributed by atoms with Crippen molar-refractivity contribution in [1.29, 1.82) is 0 Å². The summed E-state index contributed by atoms with van der Waals surface area (Å²) in [5.74, 6) is -0.0503. The van der Waals surface area contributed by atoms with Crippen LogP contribution in [0.5, 0.6) is 0 Å². The van der Waals surface area contributed by atoms with Gasteiger partial charge in [-0.2, -0.15) is 0 Å². The molecule has 1 unspecified atom stereocenters. The number of pyridine rings is 1. The molecule has 0 aliphatic carbocycles. The van der Waals surface area contributed by atoms with Gasteiger partial charge in [0, 0.05) is 48.1 Å². The normalized spacial score (nSPS) is 21.8. The van der Waals surface area contributed by atoms with E-state index in [1.54, 1.807) is 40.4 Å². The number of hydrogen-bond acceptors (Lipinski definition) is 3. The molecular weight excluding hydrogens is 326 g/mol. The molecule has 4 rings (SSSR count). The van der Waals surface area contributed by atoms with Gasteiger partial charge in [0.15, 0.2) is 5.66 Å². The molecule has 0 radical (unpaired) electrons. The topological polar surface area (TPSA) is 53.5 Å². The van der Waals surface area contributed by atoms with Gasteiger partial charge in [0.1, 0.15) is 0 Å². The third kappa shape index (κ3) is 1.79. The van der Waals surface area contributed by atoms with Crippen molar-refractivity contribution in [2.24, 2.45) is 0 Å². The van der Waals surface area contributed by atoms with Crippen LogP contribution >= 0.6 is 11.6 Å². The Morgan fingerprint density at radius 2 is 2.00 bits per heavy atom. The lowest BCUT2D eigenvalue weighted by Crippen LogP contribution is -2.51. The minimum absolute atomic E-state index is 0.0111. The molecule has 122 valence electrons. The van der Waals surface area contributed by atoms with Crippen LogP contribution in [0, 0.1) is 0 Å². The van der Waals surface area contributed by atoms with E-state index in [-0.39, 0.29) is 11.8 Å². The number of rotatable bonds is 2. The van der Waals surface area contributed by atoms with Gasteiger partial charge in [-0.3, -0.25) is 14.6 Å². The lowest BCUT2D eigenvalue weighted by Gasteiger charge is -2.40. The van der Waals surface area contributed by atoms with Crippen LogP contribution in [0.2, 0.25) is 5.02 Å². The molecule has 2 aromatic rings. The van der Waals surface area contributed by atoms with E-state index < -0.39 is 5.66 Å². The van der Waals surface area contributed by atoms with Crippen LogP contribution in [0.4, 0.5) is 0 Å². The van der Waals surface area contributed by atoms with E-state index in [1.807, 2.05) is 19.1 Å². The molecule has 2 aliphatic rings. The quantitative estimate of drug-likeness (QED) is 0.843. The van der Waals surface area contributed by atoms with E-state index in [2.05, 4.69) is 4.98 Å². The third-order valence-electron chi connectivity index (χ3n) is 4.85. The molecule has 0 bridgehead atoms. The molecule has 1 fully saturated rings. The summed E-state index contributed by atoms with van der Waals surface area (Å²) in [5, 5.41) is 0.615. The number of nitrogens with zero attached hydrogens (tertiary/aromatic N) is 3. The highest BCUT2D eigenvalue weighted by Gasteiger charge is 2.59. The molecule has 1 aromatic carbocycles. The Kier molecular flexibility index (Phi) is 3.35. The Bertz CT molecular complexity index is 836. The van der Waals surface area contributed by atoms with Gasteiger partial charge in [0.25, 0.3) is 5.91 Å². The number of aromatic nitrogens is 1. The van der Waals surface area contributed by atoms with Crippen molar-refractivity contribution >= 4 is 23.4 Å². The van der Waals surface area contributed by atoms with Crippen molar-refractivity contribution in [3.05, 3.63) is 64.4 Å². The van der Waals surface area contributed by atoms with Crippen LogP contribution in [0.25, 0.3) is 0 Å². The Hall–Kier alpha value is -2.40. The van der Waals surface area contributed by atoms with E-state index in [0.717, 1.165) is 11.1 Å². The summed E-state index contributed by atoms with van der Waals surface area (Å²) in [4.78, 5) is 33.4. The highest BCUT2D eigenvalue weighted by Crippen LogP contribution is 2.49. The summed E-state index contributed by atoms with van der Waals surface area (Å²) in [5.41, 5.74) is 1.30. The molecule has 5 nitrogen and oxygen atoms in total. The minimum Gasteiger partial charge on any atom is -0.310 e. The van der Waals surface area contributed by atoms with Crippen LogP contribution in [-0.4, -0.2) is 39.7 Å². The molecule has 0 spiro atoms. The average Bonchev–Trinajstić information content (AvgIpc) is 3.11. The molecule has 0 N–H and O–H groups in total. The zero-order valence-electron chi connectivity index (χ0n) is 13.2. The lowest BCUT2D eigenvalue weighted by molar-refractivity contribution is -0.136. The fourth-order valence-electron chi connectivity index (χ4n) is 3.86. The van der Waals surface area contributed by atoms with Crippen molar-refractivity contribution in [3.63, 3.8) is 0 Å². The molecular formula is C18H16ClN3O2. The molecule has 2 amide bonds. The summed E-state index contributed by atoms with van der Waals surface area (Å²) in [7, 11) is 0. The van der Waals surface area contributed by atoms with Crippen molar-refractivity contribution in [2.45, 2.75) is 19.0 Å². The third-order valence-corrected chi connectivity index (χ3v) is 5.10. The maximum atomic E-state index is 12.9. The molecule has 1 aromatic heterocycles. The van der Waals surface area contributed by atoms with E-state index in [1.165, 1.54) is 0 Å². The first-order valence-corrected chi connectivity index (χ1v) is 8.31. The van der Waals surface area contributed by atoms with Gasteiger partial charge in [0.05, 0.1) is 5.56 Å². The fourth-order valence-corrected chi connectivity index (χ4v) is 3.98. The highest BCUT2D eigenvalue weighted by molar-refractivity contribution is 6.30. The Balaban J connectivity index is 2.02. The molecule has 2 aliphatic heterocycles. The van der Waals surface area contributed by atoms with Crippen LogP contribution in [0.15, 0.2) is 42.7 Å². The first kappa shape index (κ1) is 15.1. The number of amides is 2. The second kappa shape index (κ2) is 5.31. The largest absolute Gasteiger partial charge is 0.310 e. The SMILES string of the molecule is CCC(=O)N1CCN2C(=O)c3ccncc3C12c1ccc(Cl)cc1. The summed E-state index contributed by atoms with van der Waals surface area (Å²) in [6.07, 6.45) is 3.69. The summed E-state index contributed by atoms with van der Waals surface area (Å²) in [6.45, 7) is 2.85. The maximum Gasteiger partial charge on any atom is 0.256 e. The summed E-state index contributed by atoms with van der Waals surface area (Å²) in [6, 6.07) is 9.06. The second-order valence-electron chi connectivity index (χ2n) is 5.96. The van der Waals surface area contributed by atoms with Gasteiger partial charge in [-0.05, 0) is 18.2 Å². The number of carbonyl (C=O) groups is 2. The van der Waals surface area contributed by atoms with E-state index in [4.69, 9.17) is 11.6 Å². The van der Waals surface area contributed by atoms with Gasteiger partial charge in [-0.1, -0.05) is 30.7 Å². The van der Waals surface area contributed by atoms with Crippen molar-refractivity contribution in [1.82, 2.24) is 14.8 Å². The van der Waals surface area contributed by atoms with Crippen LogP contribution in [-0.2, 0) is 10.5 Å². The predicted molar refractivity (Wildman–Crippen MR) is 89.5 cm³/mol. The van der Waals surface area contributed by atoms with E-state index in [9.17, 15) is 9.59 Å². The monoisotopic (exact) mass is 341 g/mol. The van der Waals surface area contributed by atoms with Crippen LogP contribution in [0.1, 0.15) is 34.8 Å². The molecule has 3 heterocycles. The van der Waals surface area contributed by atoms with Gasteiger partial charge in [-0.25, -0.2) is 0 Å². The van der Waals surface area contributed by atoms with Gasteiger partial charge in [-0.15, -0.1) is 0 Å². The highest BCUT2D eigenvalue weighted by atomic mass is 35.5. The smallest absolute Gasteiger partial charge is 0.256 e. The number of benzene rings is 1. The Labute approximate surface area is 144 Å². The van der Waals surface area contributed by atoms with E-state index >= 15 is 0 Å². The van der Waals surface area contributed by atoms with Gasteiger partial charge >= 0.3 is 0 Å². The summed E-state index contributed by atoms with van der Waals surface area (Å²) >= 11 is 6.04.